The van der Waals surface area contributed by atoms with Crippen LogP contribution in [-0.2, 0) is 33.9 Å². The summed E-state index contributed by atoms with van der Waals surface area (Å²) in [7, 11) is -6.56. The summed E-state index contributed by atoms with van der Waals surface area (Å²) in [6.45, 7) is 3.46. The maximum absolute atomic E-state index is 12.4. The molecule has 4 fully saturated rings. The Morgan fingerprint density at radius 3 is 1.37 bits per heavy atom. The van der Waals surface area contributed by atoms with Gasteiger partial charge >= 0.3 is 10.5 Å². The van der Waals surface area contributed by atoms with Gasteiger partial charge in [0.1, 0.15) is 19.8 Å². The van der Waals surface area contributed by atoms with Crippen LogP contribution in [0.3, 0.4) is 0 Å². The number of ether oxygens (including phenoxy) is 3. The highest BCUT2D eigenvalue weighted by molar-refractivity contribution is 8.07. The van der Waals surface area contributed by atoms with Crippen LogP contribution >= 0.6 is 0 Å². The van der Waals surface area contributed by atoms with E-state index in [0.717, 1.165) is 77.4 Å². The maximum Gasteiger partial charge on any atom is 0.305 e. The summed E-state index contributed by atoms with van der Waals surface area (Å²) in [5.74, 6) is 1.25. The number of rotatable bonds is 2. The molecule has 12 heteroatoms. The molecule has 7 rings (SSSR count). The molecule has 0 aromatic carbocycles. The lowest BCUT2D eigenvalue weighted by atomic mass is 10.0. The number of nitrogens with zero attached hydrogens (tertiary/aromatic N) is 3. The molecule has 4 bridgehead atoms. The Bertz CT molecular complexity index is 1010. The van der Waals surface area contributed by atoms with E-state index < -0.39 is 29.2 Å². The molecule has 3 aliphatic heterocycles. The fourth-order valence-electron chi connectivity index (χ4n) is 6.62. The van der Waals surface area contributed by atoms with Crippen LogP contribution in [0.1, 0.15) is 64.2 Å². The van der Waals surface area contributed by atoms with Crippen molar-refractivity contribution in [3.8, 4) is 0 Å². The Morgan fingerprint density at radius 2 is 1.14 bits per heavy atom. The molecule has 35 heavy (non-hydrogen) atoms. The van der Waals surface area contributed by atoms with E-state index in [1.165, 1.54) is 6.40 Å². The van der Waals surface area contributed by atoms with Gasteiger partial charge in [0.25, 0.3) is 0 Å². The maximum atomic E-state index is 12.4. The lowest BCUT2D eigenvalue weighted by molar-refractivity contribution is 0.351. The summed E-state index contributed by atoms with van der Waals surface area (Å²) >= 11 is 0. The fraction of sp³-hybridized carbons (Fsp3) is 0.870. The zero-order valence-electron chi connectivity index (χ0n) is 20.1. The highest BCUT2D eigenvalue weighted by Gasteiger charge is 2.57. The first kappa shape index (κ1) is 25.0. The van der Waals surface area contributed by atoms with Crippen molar-refractivity contribution in [3.05, 3.63) is 0 Å². The molecule has 4 aliphatic carbocycles. The van der Waals surface area contributed by atoms with Crippen LogP contribution in [0.25, 0.3) is 0 Å². The molecular formula is C23H35N3O7S2. The molecule has 0 aromatic rings. The van der Waals surface area contributed by atoms with Crippen molar-refractivity contribution in [2.45, 2.75) is 73.7 Å². The van der Waals surface area contributed by atoms with Gasteiger partial charge < -0.3 is 14.2 Å². The van der Waals surface area contributed by atoms with Gasteiger partial charge in [-0.25, -0.2) is 26.8 Å². The lowest BCUT2D eigenvalue weighted by Crippen LogP contribution is -2.39. The molecule has 3 heterocycles. The minimum Gasteiger partial charge on any atom is -0.482 e. The quantitative estimate of drug-likeness (QED) is 0.536. The van der Waals surface area contributed by atoms with Gasteiger partial charge in [-0.05, 0) is 76.0 Å². The Labute approximate surface area is 207 Å². The van der Waals surface area contributed by atoms with Crippen LogP contribution in [0.15, 0.2) is 15.0 Å². The second-order valence-electron chi connectivity index (χ2n) is 10.5. The standard InChI is InChI=1S/2C10H15NO3S.C3H5NO/c2*12-15(13,9-11-5-6-14-9)10-3-1-8(7-10)2-4-10;1-2-5-3-4-1/h2*8H,1-7H2;3H,1-2H2. The SMILES string of the molecule is C1=NCCO1.O=S(=O)(C1=NCCO1)C12CCC(CC1)C2.O=S(=O)(C1=NCCO1)C12CCC(CC1)C2. The minimum atomic E-state index is -3.28. The summed E-state index contributed by atoms with van der Waals surface area (Å²) in [6.07, 6.45) is 10.6. The van der Waals surface area contributed by atoms with E-state index >= 15 is 0 Å². The average Bonchev–Trinajstić information content (AvgIpc) is 3.73. The predicted molar refractivity (Wildman–Crippen MR) is 132 cm³/mol. The third-order valence-corrected chi connectivity index (χ3v) is 13.4. The Kier molecular flexibility index (Phi) is 6.88. The molecule has 4 saturated carbocycles. The summed E-state index contributed by atoms with van der Waals surface area (Å²) in [5.41, 5.74) is 0. The van der Waals surface area contributed by atoms with Crippen LogP contribution < -0.4 is 0 Å². The third-order valence-electron chi connectivity index (χ3n) is 8.56. The zero-order chi connectivity index (χ0) is 24.6. The third kappa shape index (κ3) is 4.49. The monoisotopic (exact) mass is 529 g/mol. The summed E-state index contributed by atoms with van der Waals surface area (Å²) in [4.78, 5) is 11.7. The van der Waals surface area contributed by atoms with Gasteiger partial charge in [-0.3, -0.25) is 4.99 Å². The van der Waals surface area contributed by atoms with Crippen molar-refractivity contribution in [2.75, 3.05) is 39.5 Å². The summed E-state index contributed by atoms with van der Waals surface area (Å²) < 4.78 is 63.3. The second kappa shape index (κ2) is 9.64. The Balaban J connectivity index is 0.000000121. The summed E-state index contributed by atoms with van der Waals surface area (Å²) in [6, 6.07) is 0. The average molecular weight is 530 g/mol. The van der Waals surface area contributed by atoms with E-state index in [4.69, 9.17) is 9.47 Å². The van der Waals surface area contributed by atoms with Crippen LogP contribution in [0.5, 0.6) is 0 Å². The van der Waals surface area contributed by atoms with E-state index in [-0.39, 0.29) is 10.5 Å². The van der Waals surface area contributed by atoms with Crippen molar-refractivity contribution in [1.82, 2.24) is 0 Å². The highest BCUT2D eigenvalue weighted by atomic mass is 32.2. The molecule has 0 N–H and O–H groups in total. The first-order chi connectivity index (χ1) is 16.8. The topological polar surface area (TPSA) is 133 Å². The van der Waals surface area contributed by atoms with Crippen LogP contribution in [0.2, 0.25) is 0 Å². The number of aliphatic imine (C=N–C) groups is 3. The van der Waals surface area contributed by atoms with Crippen molar-refractivity contribution in [1.29, 1.82) is 0 Å². The molecule has 0 aromatic heterocycles. The molecule has 0 saturated heterocycles. The number of hydrogen-bond donors (Lipinski definition) is 0. The van der Waals surface area contributed by atoms with Crippen molar-refractivity contribution < 1.29 is 31.0 Å². The molecule has 0 spiro atoms. The van der Waals surface area contributed by atoms with Gasteiger partial charge in [0.2, 0.25) is 19.7 Å². The number of fused-ring (bicyclic) bond motifs is 4. The van der Waals surface area contributed by atoms with E-state index in [0.29, 0.717) is 38.1 Å². The molecule has 0 amide bonds. The van der Waals surface area contributed by atoms with Gasteiger partial charge in [-0.15, -0.1) is 0 Å². The van der Waals surface area contributed by atoms with E-state index in [1.807, 2.05) is 0 Å². The van der Waals surface area contributed by atoms with E-state index in [9.17, 15) is 16.8 Å². The molecule has 0 unspecified atom stereocenters. The highest BCUT2D eigenvalue weighted by Crippen LogP contribution is 2.54. The lowest BCUT2D eigenvalue weighted by Gasteiger charge is -2.25. The Morgan fingerprint density at radius 1 is 0.686 bits per heavy atom. The van der Waals surface area contributed by atoms with Crippen LogP contribution in [0, 0.1) is 11.8 Å². The van der Waals surface area contributed by atoms with Crippen molar-refractivity contribution in [3.63, 3.8) is 0 Å². The first-order valence-corrected chi connectivity index (χ1v) is 15.7. The van der Waals surface area contributed by atoms with Gasteiger partial charge in [0, 0.05) is 0 Å². The van der Waals surface area contributed by atoms with Gasteiger partial charge in [0.05, 0.1) is 29.1 Å². The van der Waals surface area contributed by atoms with Crippen molar-refractivity contribution >= 4 is 36.5 Å². The molecule has 196 valence electrons. The molecule has 10 nitrogen and oxygen atoms in total. The van der Waals surface area contributed by atoms with E-state index in [2.05, 4.69) is 19.7 Å². The van der Waals surface area contributed by atoms with E-state index in [1.54, 1.807) is 0 Å². The first-order valence-electron chi connectivity index (χ1n) is 12.7. The van der Waals surface area contributed by atoms with Gasteiger partial charge in [-0.2, -0.15) is 0 Å². The molecular weight excluding hydrogens is 494 g/mol. The van der Waals surface area contributed by atoms with Gasteiger partial charge in [0.15, 0.2) is 6.40 Å². The van der Waals surface area contributed by atoms with Crippen LogP contribution in [0.4, 0.5) is 0 Å². The van der Waals surface area contributed by atoms with Crippen molar-refractivity contribution in [2.24, 2.45) is 26.8 Å². The summed E-state index contributed by atoms with van der Waals surface area (Å²) in [5, 5.41) is 0.0371. The second-order valence-corrected chi connectivity index (χ2v) is 15.0. The predicted octanol–water partition coefficient (Wildman–Crippen LogP) is 2.29. The van der Waals surface area contributed by atoms with Gasteiger partial charge in [-0.1, -0.05) is 0 Å². The number of hydrogen-bond acceptors (Lipinski definition) is 10. The molecule has 7 aliphatic rings. The minimum absolute atomic E-state index is 0.0186. The zero-order valence-corrected chi connectivity index (χ0v) is 21.7. The smallest absolute Gasteiger partial charge is 0.305 e. The normalized spacial score (nSPS) is 36.3. The van der Waals surface area contributed by atoms with Crippen LogP contribution in [-0.4, -0.2) is 82.6 Å². The largest absolute Gasteiger partial charge is 0.482 e. The molecule has 0 radical (unpaired) electrons. The Hall–Kier alpha value is -1.69. The number of sulfone groups is 2. The fourth-order valence-corrected chi connectivity index (χ4v) is 10.8. The molecule has 0 atom stereocenters.